The third kappa shape index (κ3) is 4.05. The van der Waals surface area contributed by atoms with E-state index >= 15 is 0 Å². The van der Waals surface area contributed by atoms with Crippen molar-refractivity contribution in [3.05, 3.63) is 35.4 Å². The van der Waals surface area contributed by atoms with Crippen LogP contribution in [-0.4, -0.2) is 17.1 Å². The molecule has 1 aromatic rings. The summed E-state index contributed by atoms with van der Waals surface area (Å²) in [4.78, 5) is 0. The monoisotopic (exact) mass is 262 g/mol. The molecule has 1 heterocycles. The smallest absolute Gasteiger partial charge is 0.102 e. The summed E-state index contributed by atoms with van der Waals surface area (Å²) in [6, 6.07) is 9.50. The summed E-state index contributed by atoms with van der Waals surface area (Å²) in [7, 11) is 0. The Hall–Kier alpha value is -0.860. The molecular weight excluding hydrogens is 232 g/mol. The summed E-state index contributed by atoms with van der Waals surface area (Å²) >= 11 is 0. The fraction of sp³-hybridized carbons (Fsp3) is 0.647. The molecule has 106 valence electrons. The van der Waals surface area contributed by atoms with Crippen molar-refractivity contribution >= 4 is 0 Å². The topological polar surface area (TPSA) is 33.2 Å². The fourth-order valence-corrected chi connectivity index (χ4v) is 3.90. The van der Waals surface area contributed by atoms with Crippen LogP contribution >= 0.6 is 0 Å². The summed E-state index contributed by atoms with van der Waals surface area (Å²) < 4.78 is 0. The molecule has 0 atom stereocenters. The molecule has 1 aliphatic rings. The van der Waals surface area contributed by atoms with Crippen molar-refractivity contribution < 1.29 is 10.6 Å². The van der Waals surface area contributed by atoms with Crippen LogP contribution in [0, 0.1) is 6.92 Å². The standard InChI is InChI=1S/C17H28N2/c1-13-8-6-7-9-14(13)12-18-15-10-16(2,3)19-17(4,5)11-15/h6-9,15,18-19H,10-12H2,1-5H3/p+2. The van der Waals surface area contributed by atoms with Gasteiger partial charge in [-0.15, -0.1) is 0 Å². The minimum absolute atomic E-state index is 0.370. The number of hydrogen-bond donors (Lipinski definition) is 2. The molecule has 1 saturated heterocycles. The molecule has 0 radical (unpaired) electrons. The van der Waals surface area contributed by atoms with E-state index in [4.69, 9.17) is 0 Å². The first-order valence-electron chi connectivity index (χ1n) is 7.52. The normalized spacial score (nSPS) is 22.4. The van der Waals surface area contributed by atoms with Crippen LogP contribution in [0.15, 0.2) is 24.3 Å². The number of rotatable bonds is 3. The molecule has 0 spiro atoms. The summed E-state index contributed by atoms with van der Waals surface area (Å²) in [5.41, 5.74) is 3.64. The maximum atomic E-state index is 2.55. The summed E-state index contributed by atoms with van der Waals surface area (Å²) in [5, 5.41) is 5.11. The number of quaternary nitrogens is 2. The first-order chi connectivity index (χ1) is 8.77. The van der Waals surface area contributed by atoms with Crippen LogP contribution in [0.3, 0.4) is 0 Å². The first kappa shape index (κ1) is 14.5. The van der Waals surface area contributed by atoms with Gasteiger partial charge in [0.05, 0.1) is 30.0 Å². The highest BCUT2D eigenvalue weighted by molar-refractivity contribution is 5.24. The minimum Gasteiger partial charge on any atom is -0.340 e. The van der Waals surface area contributed by atoms with Crippen molar-refractivity contribution in [3.8, 4) is 0 Å². The number of nitrogens with two attached hydrogens (primary N) is 2. The van der Waals surface area contributed by atoms with E-state index in [1.165, 1.54) is 24.0 Å². The van der Waals surface area contributed by atoms with Crippen molar-refractivity contribution in [2.75, 3.05) is 0 Å². The van der Waals surface area contributed by atoms with Gasteiger partial charge in [-0.3, -0.25) is 0 Å². The predicted molar refractivity (Wildman–Crippen MR) is 79.9 cm³/mol. The van der Waals surface area contributed by atoms with Crippen LogP contribution in [0.1, 0.15) is 51.7 Å². The molecule has 1 fully saturated rings. The number of benzene rings is 1. The van der Waals surface area contributed by atoms with Crippen molar-refractivity contribution in [3.63, 3.8) is 0 Å². The van der Waals surface area contributed by atoms with Crippen LogP contribution in [0.5, 0.6) is 0 Å². The highest BCUT2D eigenvalue weighted by Crippen LogP contribution is 2.19. The van der Waals surface area contributed by atoms with Crippen LogP contribution in [0.4, 0.5) is 0 Å². The van der Waals surface area contributed by atoms with E-state index in [2.05, 4.69) is 69.5 Å². The average molecular weight is 262 g/mol. The van der Waals surface area contributed by atoms with Gasteiger partial charge in [0.2, 0.25) is 0 Å². The predicted octanol–water partition coefficient (Wildman–Crippen LogP) is 1.34. The molecule has 0 aromatic heterocycles. The van der Waals surface area contributed by atoms with E-state index < -0.39 is 0 Å². The van der Waals surface area contributed by atoms with Crippen molar-refractivity contribution in [1.82, 2.24) is 0 Å². The zero-order valence-corrected chi connectivity index (χ0v) is 13.2. The number of aryl methyl sites for hydroxylation is 1. The lowest BCUT2D eigenvalue weighted by atomic mass is 9.79. The van der Waals surface area contributed by atoms with Gasteiger partial charge < -0.3 is 10.6 Å². The van der Waals surface area contributed by atoms with Crippen molar-refractivity contribution in [2.45, 2.75) is 71.1 Å². The summed E-state index contributed by atoms with van der Waals surface area (Å²) in [6.45, 7) is 12.8. The van der Waals surface area contributed by atoms with Gasteiger partial charge in [-0.05, 0) is 40.2 Å². The zero-order valence-electron chi connectivity index (χ0n) is 13.2. The Bertz CT molecular complexity index is 419. The molecule has 1 aliphatic heterocycles. The van der Waals surface area contributed by atoms with Gasteiger partial charge in [-0.25, -0.2) is 0 Å². The van der Waals surface area contributed by atoms with Crippen LogP contribution in [-0.2, 0) is 6.54 Å². The van der Waals surface area contributed by atoms with E-state index in [9.17, 15) is 0 Å². The van der Waals surface area contributed by atoms with Gasteiger partial charge in [-0.2, -0.15) is 0 Å². The van der Waals surface area contributed by atoms with Gasteiger partial charge in [0.1, 0.15) is 6.54 Å². The molecule has 1 aromatic carbocycles. The van der Waals surface area contributed by atoms with Crippen molar-refractivity contribution in [2.24, 2.45) is 0 Å². The summed E-state index contributed by atoms with van der Waals surface area (Å²) in [5.74, 6) is 0. The third-order valence-electron chi connectivity index (χ3n) is 4.29. The average Bonchev–Trinajstić information content (AvgIpc) is 2.23. The zero-order chi connectivity index (χ0) is 14.1. The van der Waals surface area contributed by atoms with Gasteiger partial charge in [0, 0.05) is 5.56 Å². The van der Waals surface area contributed by atoms with Gasteiger partial charge >= 0.3 is 0 Å². The lowest BCUT2D eigenvalue weighted by Gasteiger charge is -2.41. The molecule has 4 N–H and O–H groups in total. The van der Waals surface area contributed by atoms with Gasteiger partial charge in [0.25, 0.3) is 0 Å². The molecule has 2 nitrogen and oxygen atoms in total. The minimum atomic E-state index is 0.370. The SMILES string of the molecule is Cc1ccccc1C[NH2+]C1CC(C)(C)[NH2+]C(C)(C)C1. The van der Waals surface area contributed by atoms with Gasteiger partial charge in [0.15, 0.2) is 0 Å². The largest absolute Gasteiger partial charge is 0.340 e. The van der Waals surface area contributed by atoms with Crippen molar-refractivity contribution in [1.29, 1.82) is 0 Å². The van der Waals surface area contributed by atoms with Gasteiger partial charge in [-0.1, -0.05) is 24.3 Å². The van der Waals surface area contributed by atoms with E-state index in [1.54, 1.807) is 0 Å². The Morgan fingerprint density at radius 1 is 1.11 bits per heavy atom. The highest BCUT2D eigenvalue weighted by Gasteiger charge is 2.43. The third-order valence-corrected chi connectivity index (χ3v) is 4.29. The number of hydrogen-bond acceptors (Lipinski definition) is 0. The Balaban J connectivity index is 1.98. The Morgan fingerprint density at radius 3 is 2.26 bits per heavy atom. The molecule has 0 saturated carbocycles. The molecule has 0 bridgehead atoms. The second-order valence-electron chi connectivity index (χ2n) is 7.66. The Morgan fingerprint density at radius 2 is 1.68 bits per heavy atom. The second kappa shape index (κ2) is 5.26. The first-order valence-corrected chi connectivity index (χ1v) is 7.52. The molecule has 19 heavy (non-hydrogen) atoms. The quantitative estimate of drug-likeness (QED) is 0.824. The lowest BCUT2D eigenvalue weighted by Crippen LogP contribution is -3.09. The Labute approximate surface area is 118 Å². The number of piperidine rings is 1. The molecule has 0 unspecified atom stereocenters. The maximum absolute atomic E-state index is 2.55. The summed E-state index contributed by atoms with van der Waals surface area (Å²) in [6.07, 6.45) is 2.59. The molecule has 0 aliphatic carbocycles. The molecular formula is C17H30N2+2. The second-order valence-corrected chi connectivity index (χ2v) is 7.66. The van der Waals surface area contributed by atoms with E-state index in [1.807, 2.05) is 0 Å². The van der Waals surface area contributed by atoms with E-state index in [0.29, 0.717) is 11.1 Å². The lowest BCUT2D eigenvalue weighted by molar-refractivity contribution is -0.816. The van der Waals surface area contributed by atoms with Crippen LogP contribution < -0.4 is 10.6 Å². The molecule has 2 rings (SSSR count). The van der Waals surface area contributed by atoms with Crippen LogP contribution in [0.25, 0.3) is 0 Å². The van der Waals surface area contributed by atoms with Crippen LogP contribution in [0.2, 0.25) is 0 Å². The fourth-order valence-electron chi connectivity index (χ4n) is 3.90. The molecule has 0 amide bonds. The van der Waals surface area contributed by atoms with E-state index in [0.717, 1.165) is 12.6 Å². The highest BCUT2D eigenvalue weighted by atomic mass is 15.1. The van der Waals surface area contributed by atoms with E-state index in [-0.39, 0.29) is 0 Å². The maximum Gasteiger partial charge on any atom is 0.102 e. The molecule has 2 heteroatoms. The Kier molecular flexibility index (Phi) is 4.03.